The number of sulfone groups is 1. The molecule has 0 aliphatic carbocycles. The number of nitrogens with one attached hydrogen (secondary N) is 2. The summed E-state index contributed by atoms with van der Waals surface area (Å²) in [6.45, 7) is 1.65. The molecule has 1 amide bonds. The summed E-state index contributed by atoms with van der Waals surface area (Å²) in [6.07, 6.45) is 0.432. The lowest BCUT2D eigenvalue weighted by Crippen LogP contribution is -2.23. The number of benzene rings is 1. The van der Waals surface area contributed by atoms with Crippen molar-refractivity contribution in [1.29, 1.82) is 0 Å². The van der Waals surface area contributed by atoms with Gasteiger partial charge in [0, 0.05) is 17.8 Å². The lowest BCUT2D eigenvalue weighted by atomic mass is 10.2. The molecule has 2 heterocycles. The number of anilines is 2. The van der Waals surface area contributed by atoms with Gasteiger partial charge in [-0.25, -0.2) is 27.2 Å². The molecule has 10 heteroatoms. The second-order valence-electron chi connectivity index (χ2n) is 6.04. The maximum Gasteiger partial charge on any atom is 0.274 e. The van der Waals surface area contributed by atoms with Crippen LogP contribution in [0.25, 0.3) is 0 Å². The van der Waals surface area contributed by atoms with Gasteiger partial charge in [-0.2, -0.15) is 0 Å². The molecule has 1 unspecified atom stereocenters. The minimum absolute atomic E-state index is 0.0212. The van der Waals surface area contributed by atoms with Gasteiger partial charge in [0.25, 0.3) is 5.91 Å². The molecule has 0 saturated carbocycles. The summed E-state index contributed by atoms with van der Waals surface area (Å²) < 4.78 is 49.7. The molecule has 0 radical (unpaired) electrons. The molecule has 3 rings (SSSR count). The Balaban J connectivity index is 1.77. The fourth-order valence-corrected chi connectivity index (χ4v) is 4.29. The van der Waals surface area contributed by atoms with Gasteiger partial charge in [0.1, 0.15) is 17.3 Å². The molecule has 7 nitrogen and oxygen atoms in total. The van der Waals surface area contributed by atoms with E-state index in [1.165, 1.54) is 6.07 Å². The zero-order valence-corrected chi connectivity index (χ0v) is 14.6. The number of hydrogen-bond acceptors (Lipinski definition) is 6. The summed E-state index contributed by atoms with van der Waals surface area (Å²) in [6, 6.07) is 3.88. The molecule has 1 atom stereocenters. The Hall–Kier alpha value is -2.62. The molecule has 1 aromatic heterocycles. The van der Waals surface area contributed by atoms with E-state index in [-0.39, 0.29) is 34.9 Å². The van der Waals surface area contributed by atoms with Crippen LogP contribution in [0.15, 0.2) is 24.3 Å². The van der Waals surface area contributed by atoms with Crippen molar-refractivity contribution >= 4 is 27.4 Å². The second kappa shape index (κ2) is 6.94. The first-order valence-corrected chi connectivity index (χ1v) is 9.63. The highest BCUT2D eigenvalue weighted by molar-refractivity contribution is 7.91. The summed E-state index contributed by atoms with van der Waals surface area (Å²) in [5, 5.41) is 5.23. The van der Waals surface area contributed by atoms with E-state index in [0.717, 1.165) is 12.1 Å². The van der Waals surface area contributed by atoms with Crippen LogP contribution >= 0.6 is 0 Å². The number of carbonyl (C=O) groups is 1. The zero-order valence-electron chi connectivity index (χ0n) is 13.8. The van der Waals surface area contributed by atoms with Gasteiger partial charge in [-0.3, -0.25) is 4.79 Å². The van der Waals surface area contributed by atoms with Gasteiger partial charge in [0.05, 0.1) is 17.2 Å². The molecule has 2 aromatic rings. The summed E-state index contributed by atoms with van der Waals surface area (Å²) in [5.74, 6) is -2.16. The normalized spacial score (nSPS) is 18.5. The first-order valence-electron chi connectivity index (χ1n) is 7.81. The molecule has 0 bridgehead atoms. The minimum Gasteiger partial charge on any atom is -0.350 e. The van der Waals surface area contributed by atoms with E-state index < -0.39 is 27.4 Å². The number of aromatic nitrogens is 2. The minimum atomic E-state index is -3.07. The number of amides is 1. The third-order valence-electron chi connectivity index (χ3n) is 3.83. The van der Waals surface area contributed by atoms with Crippen molar-refractivity contribution < 1.29 is 22.0 Å². The first-order chi connectivity index (χ1) is 12.2. The largest absolute Gasteiger partial charge is 0.350 e. The van der Waals surface area contributed by atoms with Crippen molar-refractivity contribution in [2.75, 3.05) is 22.1 Å². The van der Waals surface area contributed by atoms with E-state index in [1.807, 2.05) is 0 Å². The van der Waals surface area contributed by atoms with E-state index in [2.05, 4.69) is 20.6 Å². The summed E-state index contributed by atoms with van der Waals surface area (Å²) in [4.78, 5) is 20.5. The van der Waals surface area contributed by atoms with Crippen molar-refractivity contribution in [2.24, 2.45) is 0 Å². The van der Waals surface area contributed by atoms with Gasteiger partial charge in [-0.15, -0.1) is 0 Å². The van der Waals surface area contributed by atoms with Crippen molar-refractivity contribution in [3.05, 3.63) is 47.3 Å². The fraction of sp³-hybridized carbons (Fsp3) is 0.312. The van der Waals surface area contributed by atoms with E-state index in [1.54, 1.807) is 6.92 Å². The molecule has 1 aliphatic heterocycles. The molecule has 138 valence electrons. The topological polar surface area (TPSA) is 101 Å². The maximum atomic E-state index is 13.7. The van der Waals surface area contributed by atoms with Gasteiger partial charge in [0.2, 0.25) is 5.95 Å². The van der Waals surface area contributed by atoms with E-state index in [0.29, 0.717) is 18.2 Å². The number of nitrogens with zero attached hydrogens (tertiary/aromatic N) is 2. The van der Waals surface area contributed by atoms with Crippen molar-refractivity contribution in [3.63, 3.8) is 0 Å². The Kier molecular flexibility index (Phi) is 4.86. The zero-order chi connectivity index (χ0) is 18.9. The van der Waals surface area contributed by atoms with Crippen LogP contribution < -0.4 is 10.6 Å². The fourth-order valence-electron chi connectivity index (χ4n) is 2.62. The van der Waals surface area contributed by atoms with E-state index >= 15 is 0 Å². The smallest absolute Gasteiger partial charge is 0.274 e. The lowest BCUT2D eigenvalue weighted by molar-refractivity contribution is 0.102. The van der Waals surface area contributed by atoms with Crippen LogP contribution in [0.3, 0.4) is 0 Å². The van der Waals surface area contributed by atoms with Crippen LogP contribution in [0, 0.1) is 18.6 Å². The van der Waals surface area contributed by atoms with Crippen LogP contribution in [0.1, 0.15) is 22.6 Å². The number of aryl methyl sites for hydroxylation is 1. The van der Waals surface area contributed by atoms with Crippen LogP contribution in [0.5, 0.6) is 0 Å². The summed E-state index contributed by atoms with van der Waals surface area (Å²) in [5.41, 5.74) is 0.279. The maximum absolute atomic E-state index is 13.7. The Morgan fingerprint density at radius 2 is 2.00 bits per heavy atom. The summed E-state index contributed by atoms with van der Waals surface area (Å²) in [7, 11) is -3.07. The number of rotatable bonds is 4. The first kappa shape index (κ1) is 18.2. The quantitative estimate of drug-likeness (QED) is 0.838. The number of halogens is 2. The average Bonchev–Trinajstić information content (AvgIpc) is 2.88. The lowest BCUT2D eigenvalue weighted by Gasteiger charge is -2.12. The van der Waals surface area contributed by atoms with Crippen LogP contribution in [0.4, 0.5) is 20.4 Å². The Labute approximate surface area is 148 Å². The van der Waals surface area contributed by atoms with Gasteiger partial charge in [0.15, 0.2) is 9.84 Å². The molecular formula is C16H16F2N4O3S. The highest BCUT2D eigenvalue weighted by Crippen LogP contribution is 2.18. The second-order valence-corrected chi connectivity index (χ2v) is 8.27. The number of hydrogen-bond donors (Lipinski definition) is 2. The highest BCUT2D eigenvalue weighted by atomic mass is 32.2. The molecule has 2 N–H and O–H groups in total. The molecule has 0 spiro atoms. The SMILES string of the molecule is Cc1cc(C(=O)Nc2ccc(F)cc2F)nc(NC2CCS(=O)(=O)C2)n1. The average molecular weight is 382 g/mol. The molecular weight excluding hydrogens is 366 g/mol. The van der Waals surface area contributed by atoms with Gasteiger partial charge in [-0.05, 0) is 31.5 Å². The van der Waals surface area contributed by atoms with Gasteiger partial charge >= 0.3 is 0 Å². The molecule has 1 fully saturated rings. The Bertz CT molecular complexity index is 966. The predicted molar refractivity (Wildman–Crippen MR) is 91.8 cm³/mol. The van der Waals surface area contributed by atoms with E-state index in [9.17, 15) is 22.0 Å². The van der Waals surface area contributed by atoms with Crippen molar-refractivity contribution in [3.8, 4) is 0 Å². The molecule has 1 aromatic carbocycles. The van der Waals surface area contributed by atoms with Crippen LogP contribution in [0.2, 0.25) is 0 Å². The Morgan fingerprint density at radius 3 is 2.65 bits per heavy atom. The summed E-state index contributed by atoms with van der Waals surface area (Å²) >= 11 is 0. The van der Waals surface area contributed by atoms with Gasteiger partial charge in [-0.1, -0.05) is 0 Å². The standard InChI is InChI=1S/C16H16F2N4O3S/c1-9-6-14(15(23)21-13-3-2-10(17)7-12(13)18)22-16(19-9)20-11-4-5-26(24,25)8-11/h2-3,6-7,11H,4-5,8H2,1H3,(H,21,23)(H,19,20,22). The van der Waals surface area contributed by atoms with Crippen molar-refractivity contribution in [2.45, 2.75) is 19.4 Å². The third kappa shape index (κ3) is 4.31. The monoisotopic (exact) mass is 382 g/mol. The van der Waals surface area contributed by atoms with Gasteiger partial charge < -0.3 is 10.6 Å². The highest BCUT2D eigenvalue weighted by Gasteiger charge is 2.28. The predicted octanol–water partition coefficient (Wildman–Crippen LogP) is 1.91. The molecule has 1 saturated heterocycles. The Morgan fingerprint density at radius 1 is 1.23 bits per heavy atom. The van der Waals surface area contributed by atoms with Crippen LogP contribution in [-0.2, 0) is 9.84 Å². The van der Waals surface area contributed by atoms with Crippen molar-refractivity contribution in [1.82, 2.24) is 9.97 Å². The molecule has 1 aliphatic rings. The van der Waals surface area contributed by atoms with Crippen LogP contribution in [-0.4, -0.2) is 41.8 Å². The number of carbonyl (C=O) groups excluding carboxylic acids is 1. The molecule has 26 heavy (non-hydrogen) atoms. The third-order valence-corrected chi connectivity index (χ3v) is 5.60. The van der Waals surface area contributed by atoms with E-state index in [4.69, 9.17) is 0 Å².